The fourth-order valence-electron chi connectivity index (χ4n) is 2.18. The summed E-state index contributed by atoms with van der Waals surface area (Å²) in [5.74, 6) is 1.47. The normalized spacial score (nSPS) is 14.0. The highest BCUT2D eigenvalue weighted by molar-refractivity contribution is 5.14. The zero-order chi connectivity index (χ0) is 15.1. The lowest BCUT2D eigenvalue weighted by Gasteiger charge is -2.14. The van der Waals surface area contributed by atoms with Crippen molar-refractivity contribution in [1.29, 1.82) is 0 Å². The minimum Gasteiger partial charge on any atom is -0.395 e. The predicted molar refractivity (Wildman–Crippen MR) is 80.7 cm³/mol. The number of aryl methyl sites for hydroxylation is 2. The van der Waals surface area contributed by atoms with Crippen LogP contribution in [0.3, 0.4) is 0 Å². The van der Waals surface area contributed by atoms with Gasteiger partial charge in [0.15, 0.2) is 5.82 Å². The lowest BCUT2D eigenvalue weighted by Crippen LogP contribution is -2.33. The van der Waals surface area contributed by atoms with E-state index in [4.69, 9.17) is 15.4 Å². The molecule has 1 aromatic heterocycles. The van der Waals surface area contributed by atoms with Gasteiger partial charge in [0.25, 0.3) is 0 Å². The Morgan fingerprint density at radius 3 is 2.71 bits per heavy atom. The van der Waals surface area contributed by atoms with Crippen LogP contribution >= 0.6 is 0 Å². The smallest absolute Gasteiger partial charge is 0.226 e. The lowest BCUT2D eigenvalue weighted by atomic mass is 9.99. The van der Waals surface area contributed by atoms with E-state index in [0.29, 0.717) is 18.1 Å². The number of aromatic nitrogens is 2. The molecule has 1 heterocycles. The number of benzene rings is 1. The molecule has 5 nitrogen and oxygen atoms in total. The van der Waals surface area contributed by atoms with Crippen molar-refractivity contribution in [2.45, 2.75) is 38.6 Å². The summed E-state index contributed by atoms with van der Waals surface area (Å²) < 4.78 is 5.25. The van der Waals surface area contributed by atoms with Gasteiger partial charge in [0.1, 0.15) is 0 Å². The summed E-state index contributed by atoms with van der Waals surface area (Å²) in [6.45, 7) is 1.95. The average molecular weight is 289 g/mol. The third kappa shape index (κ3) is 4.95. The van der Waals surface area contributed by atoms with Crippen molar-refractivity contribution in [1.82, 2.24) is 10.1 Å². The number of aliphatic hydroxyl groups excluding tert-OH is 1. The van der Waals surface area contributed by atoms with Crippen LogP contribution in [0.25, 0.3) is 0 Å². The average Bonchev–Trinajstić information content (AvgIpc) is 2.95. The zero-order valence-electron chi connectivity index (χ0n) is 12.4. The summed E-state index contributed by atoms with van der Waals surface area (Å²) in [6, 6.07) is 10.1. The van der Waals surface area contributed by atoms with Crippen molar-refractivity contribution in [3.8, 4) is 0 Å². The molecule has 0 aliphatic rings. The Kier molecular flexibility index (Phi) is 5.90. The molecule has 0 fully saturated rings. The van der Waals surface area contributed by atoms with Gasteiger partial charge in [0.2, 0.25) is 5.89 Å². The van der Waals surface area contributed by atoms with Crippen molar-refractivity contribution in [3.05, 3.63) is 47.6 Å². The van der Waals surface area contributed by atoms with E-state index in [1.807, 2.05) is 25.1 Å². The Hall–Kier alpha value is -1.72. The van der Waals surface area contributed by atoms with Crippen LogP contribution in [-0.2, 0) is 19.3 Å². The van der Waals surface area contributed by atoms with E-state index in [9.17, 15) is 0 Å². The standard InChI is InChI=1S/C16H23N3O2/c1-12(14(17)11-20)10-15-18-16(21-19-15)9-5-8-13-6-3-2-4-7-13/h2-4,6-7,12,14,20H,5,8-11,17H2,1H3. The van der Waals surface area contributed by atoms with Gasteiger partial charge in [0, 0.05) is 18.9 Å². The molecule has 2 aromatic rings. The molecule has 1 aromatic carbocycles. The number of rotatable bonds is 8. The third-order valence-corrected chi connectivity index (χ3v) is 3.66. The van der Waals surface area contributed by atoms with Gasteiger partial charge >= 0.3 is 0 Å². The highest BCUT2D eigenvalue weighted by Gasteiger charge is 2.16. The highest BCUT2D eigenvalue weighted by atomic mass is 16.5. The number of hydrogen-bond acceptors (Lipinski definition) is 5. The molecule has 2 atom stereocenters. The lowest BCUT2D eigenvalue weighted by molar-refractivity contribution is 0.230. The molecule has 5 heteroatoms. The first-order valence-corrected chi connectivity index (χ1v) is 7.41. The minimum atomic E-state index is -0.245. The van der Waals surface area contributed by atoms with Crippen LogP contribution < -0.4 is 5.73 Å². The first kappa shape index (κ1) is 15.7. The van der Waals surface area contributed by atoms with Crippen LogP contribution in [0.4, 0.5) is 0 Å². The summed E-state index contributed by atoms with van der Waals surface area (Å²) in [5, 5.41) is 13.0. The summed E-state index contributed by atoms with van der Waals surface area (Å²) in [7, 11) is 0. The van der Waals surface area contributed by atoms with Crippen LogP contribution in [0.5, 0.6) is 0 Å². The zero-order valence-corrected chi connectivity index (χ0v) is 12.4. The SMILES string of the molecule is CC(Cc1noc(CCCc2ccccc2)n1)C(N)CO. The topological polar surface area (TPSA) is 85.2 Å². The molecular weight excluding hydrogens is 266 g/mol. The maximum atomic E-state index is 9.02. The highest BCUT2D eigenvalue weighted by Crippen LogP contribution is 2.11. The van der Waals surface area contributed by atoms with E-state index < -0.39 is 0 Å². The fraction of sp³-hybridized carbons (Fsp3) is 0.500. The van der Waals surface area contributed by atoms with Crippen LogP contribution in [-0.4, -0.2) is 27.9 Å². The summed E-state index contributed by atoms with van der Waals surface area (Å²) >= 11 is 0. The second-order valence-corrected chi connectivity index (χ2v) is 5.47. The number of aliphatic hydroxyl groups is 1. The Morgan fingerprint density at radius 1 is 1.24 bits per heavy atom. The van der Waals surface area contributed by atoms with Crippen molar-refractivity contribution in [3.63, 3.8) is 0 Å². The molecule has 0 saturated carbocycles. The van der Waals surface area contributed by atoms with E-state index in [1.54, 1.807) is 0 Å². The molecule has 0 radical (unpaired) electrons. The molecule has 0 aliphatic heterocycles. The number of nitrogens with zero attached hydrogens (tertiary/aromatic N) is 2. The van der Waals surface area contributed by atoms with Gasteiger partial charge in [-0.1, -0.05) is 42.4 Å². The van der Waals surface area contributed by atoms with E-state index in [-0.39, 0.29) is 18.6 Å². The Morgan fingerprint density at radius 2 is 2.00 bits per heavy atom. The van der Waals surface area contributed by atoms with Crippen molar-refractivity contribution >= 4 is 0 Å². The van der Waals surface area contributed by atoms with Crippen LogP contribution in [0.2, 0.25) is 0 Å². The van der Waals surface area contributed by atoms with Gasteiger partial charge in [-0.05, 0) is 24.3 Å². The van der Waals surface area contributed by atoms with E-state index in [0.717, 1.165) is 19.3 Å². The molecule has 0 amide bonds. The molecule has 0 bridgehead atoms. The van der Waals surface area contributed by atoms with Crippen molar-refractivity contribution in [2.75, 3.05) is 6.61 Å². The summed E-state index contributed by atoms with van der Waals surface area (Å²) in [4.78, 5) is 4.38. The molecule has 0 spiro atoms. The van der Waals surface area contributed by atoms with Gasteiger partial charge in [-0.2, -0.15) is 4.98 Å². The molecule has 3 N–H and O–H groups in total. The number of nitrogens with two attached hydrogens (primary N) is 1. The van der Waals surface area contributed by atoms with Crippen LogP contribution in [0.1, 0.15) is 30.6 Å². The third-order valence-electron chi connectivity index (χ3n) is 3.66. The molecular formula is C16H23N3O2. The maximum absolute atomic E-state index is 9.02. The van der Waals surface area contributed by atoms with E-state index in [2.05, 4.69) is 22.3 Å². The Labute approximate surface area is 125 Å². The second-order valence-electron chi connectivity index (χ2n) is 5.47. The van der Waals surface area contributed by atoms with E-state index >= 15 is 0 Å². The Bertz CT molecular complexity index is 527. The second kappa shape index (κ2) is 7.90. The van der Waals surface area contributed by atoms with E-state index in [1.165, 1.54) is 5.56 Å². The van der Waals surface area contributed by atoms with Gasteiger partial charge in [0.05, 0.1) is 6.61 Å². The van der Waals surface area contributed by atoms with Gasteiger partial charge < -0.3 is 15.4 Å². The largest absolute Gasteiger partial charge is 0.395 e. The van der Waals surface area contributed by atoms with Crippen LogP contribution in [0.15, 0.2) is 34.9 Å². The molecule has 0 aliphatic carbocycles. The molecule has 114 valence electrons. The van der Waals surface area contributed by atoms with Gasteiger partial charge in [-0.25, -0.2) is 0 Å². The van der Waals surface area contributed by atoms with Crippen molar-refractivity contribution in [2.24, 2.45) is 11.7 Å². The fourth-order valence-corrected chi connectivity index (χ4v) is 2.18. The minimum absolute atomic E-state index is 0.0249. The molecule has 0 saturated heterocycles. The van der Waals surface area contributed by atoms with Gasteiger partial charge in [-0.3, -0.25) is 0 Å². The molecule has 21 heavy (non-hydrogen) atoms. The monoisotopic (exact) mass is 289 g/mol. The van der Waals surface area contributed by atoms with Gasteiger partial charge in [-0.15, -0.1) is 0 Å². The molecule has 2 rings (SSSR count). The van der Waals surface area contributed by atoms with Crippen molar-refractivity contribution < 1.29 is 9.63 Å². The quantitative estimate of drug-likeness (QED) is 0.773. The number of hydrogen-bond donors (Lipinski definition) is 2. The summed E-state index contributed by atoms with van der Waals surface area (Å²) in [5.41, 5.74) is 7.10. The summed E-state index contributed by atoms with van der Waals surface area (Å²) in [6.07, 6.45) is 3.40. The molecule has 2 unspecified atom stereocenters. The van der Waals surface area contributed by atoms with Crippen LogP contribution in [0, 0.1) is 5.92 Å². The Balaban J connectivity index is 1.78. The maximum Gasteiger partial charge on any atom is 0.226 e. The predicted octanol–water partition coefficient (Wildman–Crippen LogP) is 1.74. The first-order valence-electron chi connectivity index (χ1n) is 7.41. The first-order chi connectivity index (χ1) is 10.2.